The van der Waals surface area contributed by atoms with Gasteiger partial charge in [0.15, 0.2) is 0 Å². The molecule has 1 heterocycles. The monoisotopic (exact) mass is 379 g/mol. The second-order valence-electron chi connectivity index (χ2n) is 6.52. The van der Waals surface area contributed by atoms with Gasteiger partial charge in [0.2, 0.25) is 11.8 Å². The first-order valence-corrected chi connectivity index (χ1v) is 9.85. The summed E-state index contributed by atoms with van der Waals surface area (Å²) in [6.07, 6.45) is 4.68. The number of thioether (sulfide) groups is 1. The smallest absolute Gasteiger partial charge is 0.277 e. The largest absolute Gasteiger partial charge is 0.411 e. The average Bonchev–Trinajstić information content (AvgIpc) is 3.06. The van der Waals surface area contributed by atoms with Crippen LogP contribution in [0.1, 0.15) is 39.5 Å². The normalized spacial score (nSPS) is 21.7. The number of carbonyl (C=O) groups excluding carboxylic acids is 1. The number of hydrogen-bond donors (Lipinski definition) is 1. The summed E-state index contributed by atoms with van der Waals surface area (Å²) in [5.74, 6) is 0.984. The maximum atomic E-state index is 12.4. The molecule has 3 rings (SSSR count). The van der Waals surface area contributed by atoms with Crippen molar-refractivity contribution >= 4 is 29.3 Å². The summed E-state index contributed by atoms with van der Waals surface area (Å²) in [6.45, 7) is 4.07. The van der Waals surface area contributed by atoms with Gasteiger partial charge in [-0.1, -0.05) is 43.1 Å². The minimum absolute atomic E-state index is 0.0231. The first-order chi connectivity index (χ1) is 12.0. The van der Waals surface area contributed by atoms with Crippen LogP contribution in [0.15, 0.2) is 33.9 Å². The number of aromatic nitrogens is 2. The van der Waals surface area contributed by atoms with E-state index >= 15 is 0 Å². The Labute approximate surface area is 156 Å². The molecule has 1 saturated carbocycles. The van der Waals surface area contributed by atoms with Gasteiger partial charge in [0, 0.05) is 16.6 Å². The summed E-state index contributed by atoms with van der Waals surface area (Å²) in [6, 6.07) is 7.47. The molecule has 1 aliphatic rings. The Balaban J connectivity index is 1.58. The summed E-state index contributed by atoms with van der Waals surface area (Å²) in [7, 11) is 0. The van der Waals surface area contributed by atoms with Crippen LogP contribution in [0, 0.1) is 5.92 Å². The molecule has 3 atom stereocenters. The van der Waals surface area contributed by atoms with E-state index in [1.165, 1.54) is 31.0 Å². The van der Waals surface area contributed by atoms with Gasteiger partial charge in [-0.3, -0.25) is 4.79 Å². The molecule has 2 aromatic rings. The van der Waals surface area contributed by atoms with Gasteiger partial charge in [-0.2, -0.15) is 0 Å². The number of rotatable bonds is 5. The van der Waals surface area contributed by atoms with E-state index in [0.717, 1.165) is 12.0 Å². The molecule has 0 bridgehead atoms. The van der Waals surface area contributed by atoms with E-state index < -0.39 is 0 Å². The lowest BCUT2D eigenvalue weighted by atomic mass is 9.86. The molecule has 1 aliphatic carbocycles. The summed E-state index contributed by atoms with van der Waals surface area (Å²) in [4.78, 5) is 12.4. The lowest BCUT2D eigenvalue weighted by molar-refractivity contribution is -0.121. The van der Waals surface area contributed by atoms with Gasteiger partial charge in [0.1, 0.15) is 0 Å². The molecular weight excluding hydrogens is 358 g/mol. The van der Waals surface area contributed by atoms with Crippen LogP contribution in [0.3, 0.4) is 0 Å². The number of nitrogens with zero attached hydrogens (tertiary/aromatic N) is 2. The number of hydrogen-bond acceptors (Lipinski definition) is 5. The minimum Gasteiger partial charge on any atom is -0.411 e. The molecule has 1 fully saturated rings. The number of carbonyl (C=O) groups is 1. The highest BCUT2D eigenvalue weighted by atomic mass is 35.5. The predicted octanol–water partition coefficient (Wildman–Crippen LogP) is 4.57. The molecule has 0 saturated heterocycles. The van der Waals surface area contributed by atoms with Gasteiger partial charge in [-0.05, 0) is 49.9 Å². The zero-order valence-electron chi connectivity index (χ0n) is 14.4. The molecule has 0 unspecified atom stereocenters. The lowest BCUT2D eigenvalue weighted by Crippen LogP contribution is -2.44. The molecule has 7 heteroatoms. The van der Waals surface area contributed by atoms with E-state index in [2.05, 4.69) is 22.4 Å². The van der Waals surface area contributed by atoms with Crippen molar-refractivity contribution in [3.05, 3.63) is 29.3 Å². The number of benzene rings is 1. The SMILES string of the molecule is C[C@@H](Sc1nnc(-c2ccc(Cl)cc2)o1)C(=O)N[C@@H]1CCCC[C@@H]1C. The van der Waals surface area contributed by atoms with E-state index in [0.29, 0.717) is 22.1 Å². The van der Waals surface area contributed by atoms with Gasteiger partial charge >= 0.3 is 0 Å². The quantitative estimate of drug-likeness (QED) is 0.771. The van der Waals surface area contributed by atoms with E-state index in [9.17, 15) is 4.79 Å². The first kappa shape index (κ1) is 18.3. The van der Waals surface area contributed by atoms with E-state index in [4.69, 9.17) is 16.0 Å². The Kier molecular flexibility index (Phi) is 6.02. The van der Waals surface area contributed by atoms with Crippen LogP contribution in [0.5, 0.6) is 0 Å². The number of nitrogens with one attached hydrogen (secondary N) is 1. The van der Waals surface area contributed by atoms with Crippen LogP contribution in [-0.2, 0) is 4.79 Å². The summed E-state index contributed by atoms with van der Waals surface area (Å²) in [5, 5.41) is 12.0. The van der Waals surface area contributed by atoms with Crippen LogP contribution in [-0.4, -0.2) is 27.4 Å². The molecule has 5 nitrogen and oxygen atoms in total. The van der Waals surface area contributed by atoms with Crippen LogP contribution in [0.4, 0.5) is 0 Å². The first-order valence-electron chi connectivity index (χ1n) is 8.59. The molecule has 0 spiro atoms. The molecule has 134 valence electrons. The number of amides is 1. The highest BCUT2D eigenvalue weighted by molar-refractivity contribution is 8.00. The third kappa shape index (κ3) is 4.76. The second kappa shape index (κ2) is 8.23. The molecular formula is C18H22ClN3O2S. The van der Waals surface area contributed by atoms with Crippen molar-refractivity contribution < 1.29 is 9.21 Å². The Hall–Kier alpha value is -1.53. The van der Waals surface area contributed by atoms with Crippen molar-refractivity contribution in [3.63, 3.8) is 0 Å². The van der Waals surface area contributed by atoms with Crippen LogP contribution in [0.2, 0.25) is 5.02 Å². The van der Waals surface area contributed by atoms with E-state index in [1.807, 2.05) is 19.1 Å². The van der Waals surface area contributed by atoms with Gasteiger partial charge in [-0.15, -0.1) is 10.2 Å². The van der Waals surface area contributed by atoms with Gasteiger partial charge < -0.3 is 9.73 Å². The molecule has 1 N–H and O–H groups in total. The highest BCUT2D eigenvalue weighted by Crippen LogP contribution is 2.28. The van der Waals surface area contributed by atoms with Crippen molar-refractivity contribution in [2.45, 2.75) is 56.0 Å². The van der Waals surface area contributed by atoms with E-state index in [-0.39, 0.29) is 17.2 Å². The van der Waals surface area contributed by atoms with Crippen LogP contribution in [0.25, 0.3) is 11.5 Å². The summed E-state index contributed by atoms with van der Waals surface area (Å²) < 4.78 is 5.66. The zero-order valence-corrected chi connectivity index (χ0v) is 15.9. The predicted molar refractivity (Wildman–Crippen MR) is 99.6 cm³/mol. The summed E-state index contributed by atoms with van der Waals surface area (Å²) in [5.41, 5.74) is 0.803. The second-order valence-corrected chi connectivity index (χ2v) is 8.25. The third-order valence-electron chi connectivity index (χ3n) is 4.58. The van der Waals surface area contributed by atoms with Crippen molar-refractivity contribution in [2.75, 3.05) is 0 Å². The molecule has 0 aliphatic heterocycles. The highest BCUT2D eigenvalue weighted by Gasteiger charge is 2.26. The standard InChI is InChI=1S/C18H22ClN3O2S/c1-11-5-3-4-6-15(11)20-16(23)12(2)25-18-22-21-17(24-18)13-7-9-14(19)10-8-13/h7-12,15H,3-6H2,1-2H3,(H,20,23)/t11-,12+,15+/m0/s1. The van der Waals surface area contributed by atoms with Crippen molar-refractivity contribution in [1.29, 1.82) is 0 Å². The maximum Gasteiger partial charge on any atom is 0.277 e. The fraction of sp³-hybridized carbons (Fsp3) is 0.500. The van der Waals surface area contributed by atoms with Crippen molar-refractivity contribution in [3.8, 4) is 11.5 Å². The maximum absolute atomic E-state index is 12.4. The Morgan fingerprint density at radius 3 is 2.72 bits per heavy atom. The number of halogens is 1. The third-order valence-corrected chi connectivity index (χ3v) is 5.77. The molecule has 1 amide bonds. The Bertz CT molecular complexity index is 719. The molecule has 25 heavy (non-hydrogen) atoms. The van der Waals surface area contributed by atoms with Crippen molar-refractivity contribution in [1.82, 2.24) is 15.5 Å². The Morgan fingerprint density at radius 2 is 2.00 bits per heavy atom. The van der Waals surface area contributed by atoms with Gasteiger partial charge in [0.05, 0.1) is 5.25 Å². The zero-order chi connectivity index (χ0) is 17.8. The topological polar surface area (TPSA) is 68.0 Å². The molecule has 1 aromatic carbocycles. The van der Waals surface area contributed by atoms with Gasteiger partial charge in [0.25, 0.3) is 5.22 Å². The minimum atomic E-state index is -0.285. The van der Waals surface area contributed by atoms with Crippen LogP contribution < -0.4 is 5.32 Å². The summed E-state index contributed by atoms with van der Waals surface area (Å²) >= 11 is 7.16. The average molecular weight is 380 g/mol. The van der Waals surface area contributed by atoms with Crippen molar-refractivity contribution in [2.24, 2.45) is 5.92 Å². The fourth-order valence-electron chi connectivity index (χ4n) is 3.00. The fourth-order valence-corrected chi connectivity index (χ4v) is 3.82. The molecule has 1 aromatic heterocycles. The van der Waals surface area contributed by atoms with Gasteiger partial charge in [-0.25, -0.2) is 0 Å². The lowest BCUT2D eigenvalue weighted by Gasteiger charge is -2.30. The molecule has 0 radical (unpaired) electrons. The Morgan fingerprint density at radius 1 is 1.28 bits per heavy atom. The van der Waals surface area contributed by atoms with E-state index in [1.54, 1.807) is 12.1 Å². The van der Waals surface area contributed by atoms with Crippen LogP contribution >= 0.6 is 23.4 Å².